The van der Waals surface area contributed by atoms with Crippen molar-refractivity contribution in [3.8, 4) is 0 Å². The van der Waals surface area contributed by atoms with Crippen LogP contribution in [-0.4, -0.2) is 13.7 Å². The first-order valence-corrected chi connectivity index (χ1v) is 4.98. The third-order valence-electron chi connectivity index (χ3n) is 2.71. The summed E-state index contributed by atoms with van der Waals surface area (Å²) in [5.41, 5.74) is 8.37. The van der Waals surface area contributed by atoms with Gasteiger partial charge in [-0.15, -0.1) is 0 Å². The summed E-state index contributed by atoms with van der Waals surface area (Å²) in [6, 6.07) is 8.22. The first kappa shape index (κ1) is 11.2. The largest absolute Gasteiger partial charge is 0.382 e. The van der Waals surface area contributed by atoms with Crippen LogP contribution in [0.15, 0.2) is 24.3 Å². The molecule has 0 aliphatic rings. The third-order valence-corrected chi connectivity index (χ3v) is 2.71. The quantitative estimate of drug-likeness (QED) is 0.795. The standard InChI is InChI=1S/C12H19NO/c1-4-12(13,9-14-3)11-8-6-5-7-10(11)2/h5-8H,4,9,13H2,1-3H3. The summed E-state index contributed by atoms with van der Waals surface area (Å²) in [5, 5.41) is 0. The van der Waals surface area contributed by atoms with Crippen LogP contribution in [0, 0.1) is 6.92 Å². The first-order valence-electron chi connectivity index (χ1n) is 4.98. The van der Waals surface area contributed by atoms with Gasteiger partial charge in [-0.2, -0.15) is 0 Å². The smallest absolute Gasteiger partial charge is 0.0684 e. The second-order valence-corrected chi connectivity index (χ2v) is 3.76. The van der Waals surface area contributed by atoms with E-state index in [2.05, 4.69) is 26.0 Å². The Morgan fingerprint density at radius 1 is 1.36 bits per heavy atom. The minimum atomic E-state index is -0.347. The van der Waals surface area contributed by atoms with E-state index in [4.69, 9.17) is 10.5 Å². The van der Waals surface area contributed by atoms with Crippen molar-refractivity contribution in [2.24, 2.45) is 5.73 Å². The van der Waals surface area contributed by atoms with Gasteiger partial charge in [-0.05, 0) is 24.5 Å². The second-order valence-electron chi connectivity index (χ2n) is 3.76. The molecule has 0 heterocycles. The number of nitrogens with two attached hydrogens (primary N) is 1. The molecule has 0 saturated carbocycles. The van der Waals surface area contributed by atoms with E-state index in [0.717, 1.165) is 6.42 Å². The predicted molar refractivity (Wildman–Crippen MR) is 59.2 cm³/mol. The molecule has 0 spiro atoms. The molecular formula is C12H19NO. The SMILES string of the molecule is CCC(N)(COC)c1ccccc1C. The van der Waals surface area contributed by atoms with Crippen LogP contribution in [0.25, 0.3) is 0 Å². The molecule has 0 radical (unpaired) electrons. The normalized spacial score (nSPS) is 15.1. The van der Waals surface area contributed by atoms with Crippen molar-refractivity contribution < 1.29 is 4.74 Å². The molecule has 1 aromatic carbocycles. The fourth-order valence-corrected chi connectivity index (χ4v) is 1.76. The maximum Gasteiger partial charge on any atom is 0.0684 e. The summed E-state index contributed by atoms with van der Waals surface area (Å²) in [5.74, 6) is 0. The van der Waals surface area contributed by atoms with Gasteiger partial charge in [-0.1, -0.05) is 31.2 Å². The summed E-state index contributed by atoms with van der Waals surface area (Å²) in [4.78, 5) is 0. The topological polar surface area (TPSA) is 35.2 Å². The number of hydrogen-bond acceptors (Lipinski definition) is 2. The van der Waals surface area contributed by atoms with E-state index in [-0.39, 0.29) is 5.54 Å². The molecule has 14 heavy (non-hydrogen) atoms. The molecule has 2 N–H and O–H groups in total. The average Bonchev–Trinajstić information content (AvgIpc) is 2.18. The zero-order chi connectivity index (χ0) is 10.6. The van der Waals surface area contributed by atoms with Crippen LogP contribution < -0.4 is 5.73 Å². The molecular weight excluding hydrogens is 174 g/mol. The Kier molecular flexibility index (Phi) is 3.67. The first-order chi connectivity index (χ1) is 6.64. The van der Waals surface area contributed by atoms with Crippen LogP contribution in [0.3, 0.4) is 0 Å². The Labute approximate surface area is 86.1 Å². The summed E-state index contributed by atoms with van der Waals surface area (Å²) in [7, 11) is 1.69. The van der Waals surface area contributed by atoms with Crippen LogP contribution in [0.5, 0.6) is 0 Å². The van der Waals surface area contributed by atoms with Gasteiger partial charge >= 0.3 is 0 Å². The molecule has 1 atom stereocenters. The minimum Gasteiger partial charge on any atom is -0.382 e. The summed E-state index contributed by atoms with van der Waals surface area (Å²) < 4.78 is 5.18. The monoisotopic (exact) mass is 193 g/mol. The van der Waals surface area contributed by atoms with Crippen molar-refractivity contribution in [2.45, 2.75) is 25.8 Å². The van der Waals surface area contributed by atoms with Crippen molar-refractivity contribution >= 4 is 0 Å². The van der Waals surface area contributed by atoms with Crippen molar-refractivity contribution in [3.63, 3.8) is 0 Å². The highest BCUT2D eigenvalue weighted by atomic mass is 16.5. The van der Waals surface area contributed by atoms with Crippen LogP contribution in [0.1, 0.15) is 24.5 Å². The molecule has 1 rings (SSSR count). The highest BCUT2D eigenvalue weighted by Gasteiger charge is 2.26. The zero-order valence-electron chi connectivity index (χ0n) is 9.21. The maximum absolute atomic E-state index is 6.30. The Bertz CT molecular complexity index is 298. The molecule has 1 aromatic rings. The maximum atomic E-state index is 6.30. The Balaban J connectivity index is 3.05. The lowest BCUT2D eigenvalue weighted by molar-refractivity contribution is 0.129. The van der Waals surface area contributed by atoms with Crippen LogP contribution >= 0.6 is 0 Å². The number of ether oxygens (including phenoxy) is 1. The average molecular weight is 193 g/mol. The van der Waals surface area contributed by atoms with E-state index in [1.54, 1.807) is 7.11 Å². The molecule has 78 valence electrons. The lowest BCUT2D eigenvalue weighted by Gasteiger charge is -2.29. The predicted octanol–water partition coefficient (Wildman–Crippen LogP) is 2.21. The van der Waals surface area contributed by atoms with Crippen molar-refractivity contribution in [2.75, 3.05) is 13.7 Å². The summed E-state index contributed by atoms with van der Waals surface area (Å²) >= 11 is 0. The molecule has 0 amide bonds. The summed E-state index contributed by atoms with van der Waals surface area (Å²) in [6.45, 7) is 4.74. The van der Waals surface area contributed by atoms with E-state index in [1.807, 2.05) is 12.1 Å². The fourth-order valence-electron chi connectivity index (χ4n) is 1.76. The number of methoxy groups -OCH3 is 1. The fraction of sp³-hybridized carbons (Fsp3) is 0.500. The van der Waals surface area contributed by atoms with Gasteiger partial charge in [-0.3, -0.25) is 0 Å². The molecule has 0 saturated heterocycles. The second kappa shape index (κ2) is 4.58. The molecule has 2 nitrogen and oxygen atoms in total. The van der Waals surface area contributed by atoms with Crippen molar-refractivity contribution in [3.05, 3.63) is 35.4 Å². The van der Waals surface area contributed by atoms with E-state index < -0.39 is 0 Å². The molecule has 1 unspecified atom stereocenters. The number of benzene rings is 1. The number of rotatable bonds is 4. The number of aryl methyl sites for hydroxylation is 1. The van der Waals surface area contributed by atoms with Gasteiger partial charge in [0.2, 0.25) is 0 Å². The van der Waals surface area contributed by atoms with Crippen molar-refractivity contribution in [1.29, 1.82) is 0 Å². The number of hydrogen-bond donors (Lipinski definition) is 1. The Morgan fingerprint density at radius 3 is 2.50 bits per heavy atom. The van der Waals surface area contributed by atoms with E-state index in [1.165, 1.54) is 11.1 Å². The van der Waals surface area contributed by atoms with Gasteiger partial charge in [0, 0.05) is 7.11 Å². The van der Waals surface area contributed by atoms with Gasteiger partial charge < -0.3 is 10.5 Å². The molecule has 0 bridgehead atoms. The highest BCUT2D eigenvalue weighted by molar-refractivity contribution is 5.32. The van der Waals surface area contributed by atoms with E-state index in [9.17, 15) is 0 Å². The zero-order valence-corrected chi connectivity index (χ0v) is 9.21. The van der Waals surface area contributed by atoms with Gasteiger partial charge in [0.1, 0.15) is 0 Å². The molecule has 0 fully saturated rings. The highest BCUT2D eigenvalue weighted by Crippen LogP contribution is 2.25. The van der Waals surface area contributed by atoms with E-state index in [0.29, 0.717) is 6.61 Å². The third kappa shape index (κ3) is 2.14. The van der Waals surface area contributed by atoms with Gasteiger partial charge in [0.05, 0.1) is 12.1 Å². The van der Waals surface area contributed by atoms with Crippen LogP contribution in [0.2, 0.25) is 0 Å². The summed E-state index contributed by atoms with van der Waals surface area (Å²) in [6.07, 6.45) is 0.881. The van der Waals surface area contributed by atoms with Gasteiger partial charge in [0.25, 0.3) is 0 Å². The molecule has 2 heteroatoms. The Morgan fingerprint density at radius 2 is 2.00 bits per heavy atom. The van der Waals surface area contributed by atoms with E-state index >= 15 is 0 Å². The minimum absolute atomic E-state index is 0.347. The lowest BCUT2D eigenvalue weighted by atomic mass is 9.86. The van der Waals surface area contributed by atoms with Crippen molar-refractivity contribution in [1.82, 2.24) is 0 Å². The van der Waals surface area contributed by atoms with Crippen LogP contribution in [0.4, 0.5) is 0 Å². The Hall–Kier alpha value is -0.860. The van der Waals surface area contributed by atoms with Gasteiger partial charge in [0.15, 0.2) is 0 Å². The molecule has 0 aromatic heterocycles. The lowest BCUT2D eigenvalue weighted by Crippen LogP contribution is -2.41. The van der Waals surface area contributed by atoms with Gasteiger partial charge in [-0.25, -0.2) is 0 Å². The van der Waals surface area contributed by atoms with Crippen LogP contribution in [-0.2, 0) is 10.3 Å². The molecule has 0 aliphatic carbocycles. The molecule has 0 aliphatic heterocycles.